The highest BCUT2D eigenvalue weighted by Crippen LogP contribution is 2.25. The molecule has 2 rings (SSSR count). The molecule has 0 atom stereocenters. The zero-order valence-electron chi connectivity index (χ0n) is 8.45. The van der Waals surface area contributed by atoms with E-state index in [1.165, 1.54) is 6.20 Å². The largest absolute Gasteiger partial charge is 0.298 e. The van der Waals surface area contributed by atoms with Crippen LogP contribution >= 0.6 is 23.2 Å². The van der Waals surface area contributed by atoms with Gasteiger partial charge in [-0.05, 0) is 25.1 Å². The van der Waals surface area contributed by atoms with Gasteiger partial charge in [-0.2, -0.15) is 5.10 Å². The molecule has 1 heterocycles. The molecule has 5 heteroatoms. The fraction of sp³-hybridized carbons (Fsp3) is 0.0909. The topological polar surface area (TPSA) is 34.9 Å². The van der Waals surface area contributed by atoms with Gasteiger partial charge in [-0.25, -0.2) is 4.68 Å². The van der Waals surface area contributed by atoms with Gasteiger partial charge >= 0.3 is 0 Å². The molecule has 0 aliphatic rings. The van der Waals surface area contributed by atoms with Crippen LogP contribution in [0.5, 0.6) is 0 Å². The molecular formula is C11H8Cl2N2O. The maximum Gasteiger partial charge on any atom is 0.153 e. The highest BCUT2D eigenvalue weighted by Gasteiger charge is 2.10. The van der Waals surface area contributed by atoms with Crippen molar-refractivity contribution in [3.8, 4) is 5.69 Å². The summed E-state index contributed by atoms with van der Waals surface area (Å²) in [5.41, 5.74) is 1.94. The SMILES string of the molecule is Cc1c(C=O)cnn1-c1cc(Cl)ccc1Cl. The number of carbonyl (C=O) groups is 1. The number of aldehydes is 1. The number of rotatable bonds is 2. The zero-order chi connectivity index (χ0) is 11.7. The third-order valence-corrected chi connectivity index (χ3v) is 2.87. The van der Waals surface area contributed by atoms with E-state index in [2.05, 4.69) is 5.10 Å². The molecule has 0 amide bonds. The van der Waals surface area contributed by atoms with Crippen molar-refractivity contribution >= 4 is 29.5 Å². The van der Waals surface area contributed by atoms with Crippen molar-refractivity contribution < 1.29 is 4.79 Å². The molecule has 0 aliphatic carbocycles. The monoisotopic (exact) mass is 254 g/mol. The minimum Gasteiger partial charge on any atom is -0.298 e. The highest BCUT2D eigenvalue weighted by atomic mass is 35.5. The Morgan fingerprint density at radius 3 is 2.75 bits per heavy atom. The van der Waals surface area contributed by atoms with Crippen molar-refractivity contribution in [1.82, 2.24) is 9.78 Å². The molecule has 0 saturated carbocycles. The van der Waals surface area contributed by atoms with Crippen molar-refractivity contribution in [2.24, 2.45) is 0 Å². The molecule has 0 saturated heterocycles. The van der Waals surface area contributed by atoms with Gasteiger partial charge < -0.3 is 0 Å². The third-order valence-electron chi connectivity index (χ3n) is 2.31. The Kier molecular flexibility index (Phi) is 2.99. The summed E-state index contributed by atoms with van der Waals surface area (Å²) < 4.78 is 1.60. The van der Waals surface area contributed by atoms with E-state index >= 15 is 0 Å². The molecular weight excluding hydrogens is 247 g/mol. The Morgan fingerprint density at radius 2 is 2.12 bits per heavy atom. The minimum absolute atomic E-state index is 0.535. The van der Waals surface area contributed by atoms with E-state index in [0.717, 1.165) is 12.0 Å². The maximum absolute atomic E-state index is 10.7. The van der Waals surface area contributed by atoms with Crippen LogP contribution in [0.2, 0.25) is 10.0 Å². The number of carbonyl (C=O) groups excluding carboxylic acids is 1. The van der Waals surface area contributed by atoms with Crippen LogP contribution in [0.4, 0.5) is 0 Å². The molecule has 0 fully saturated rings. The van der Waals surface area contributed by atoms with E-state index in [9.17, 15) is 4.79 Å². The lowest BCUT2D eigenvalue weighted by Crippen LogP contribution is -2.00. The van der Waals surface area contributed by atoms with E-state index in [1.807, 2.05) is 0 Å². The Hall–Kier alpha value is -1.32. The summed E-state index contributed by atoms with van der Waals surface area (Å²) in [6.45, 7) is 1.80. The minimum atomic E-state index is 0.535. The van der Waals surface area contributed by atoms with Crippen molar-refractivity contribution in [3.05, 3.63) is 45.7 Å². The zero-order valence-corrected chi connectivity index (χ0v) is 9.96. The van der Waals surface area contributed by atoms with Crippen LogP contribution in [-0.4, -0.2) is 16.1 Å². The smallest absolute Gasteiger partial charge is 0.153 e. The van der Waals surface area contributed by atoms with Gasteiger partial charge in [-0.1, -0.05) is 23.2 Å². The molecule has 1 aromatic heterocycles. The van der Waals surface area contributed by atoms with Gasteiger partial charge in [-0.15, -0.1) is 0 Å². The van der Waals surface area contributed by atoms with E-state index in [0.29, 0.717) is 21.3 Å². The second-order valence-corrected chi connectivity index (χ2v) is 4.15. The van der Waals surface area contributed by atoms with Crippen LogP contribution < -0.4 is 0 Å². The summed E-state index contributed by atoms with van der Waals surface area (Å²) in [5.74, 6) is 0. The predicted octanol–water partition coefficient (Wildman–Crippen LogP) is 3.30. The first-order valence-corrected chi connectivity index (χ1v) is 5.34. The normalized spacial score (nSPS) is 10.4. The van der Waals surface area contributed by atoms with Gasteiger partial charge in [0.25, 0.3) is 0 Å². The Balaban J connectivity index is 2.62. The standard InChI is InChI=1S/C11H8Cl2N2O/c1-7-8(6-16)5-14-15(7)11-4-9(12)2-3-10(11)13/h2-6H,1H3. The maximum atomic E-state index is 10.7. The lowest BCUT2D eigenvalue weighted by molar-refractivity contribution is 0.112. The molecule has 3 nitrogen and oxygen atoms in total. The molecule has 2 aromatic rings. The second-order valence-electron chi connectivity index (χ2n) is 3.31. The molecule has 16 heavy (non-hydrogen) atoms. The van der Waals surface area contributed by atoms with Crippen LogP contribution in [0, 0.1) is 6.92 Å². The van der Waals surface area contributed by atoms with Crippen LogP contribution in [-0.2, 0) is 0 Å². The number of hydrogen-bond acceptors (Lipinski definition) is 2. The molecule has 0 aliphatic heterocycles. The number of halogens is 2. The molecule has 1 aromatic carbocycles. The Morgan fingerprint density at radius 1 is 1.38 bits per heavy atom. The van der Waals surface area contributed by atoms with Gasteiger partial charge in [-0.3, -0.25) is 4.79 Å². The van der Waals surface area contributed by atoms with Crippen molar-refractivity contribution in [3.63, 3.8) is 0 Å². The Bertz CT molecular complexity index is 549. The fourth-order valence-corrected chi connectivity index (χ4v) is 1.79. The van der Waals surface area contributed by atoms with E-state index in [4.69, 9.17) is 23.2 Å². The van der Waals surface area contributed by atoms with E-state index < -0.39 is 0 Å². The van der Waals surface area contributed by atoms with Gasteiger partial charge in [0.05, 0.1) is 28.2 Å². The van der Waals surface area contributed by atoms with Crippen LogP contribution in [0.3, 0.4) is 0 Å². The molecule has 0 spiro atoms. The van der Waals surface area contributed by atoms with Gasteiger partial charge in [0.1, 0.15) is 0 Å². The Labute approximate surface area is 103 Å². The van der Waals surface area contributed by atoms with Crippen molar-refractivity contribution in [2.75, 3.05) is 0 Å². The number of hydrogen-bond donors (Lipinski definition) is 0. The first kappa shape index (κ1) is 11.2. The van der Waals surface area contributed by atoms with E-state index in [-0.39, 0.29) is 0 Å². The summed E-state index contributed by atoms with van der Waals surface area (Å²) in [7, 11) is 0. The van der Waals surface area contributed by atoms with Crippen molar-refractivity contribution in [1.29, 1.82) is 0 Å². The summed E-state index contributed by atoms with van der Waals surface area (Å²) >= 11 is 11.9. The average molecular weight is 255 g/mol. The summed E-state index contributed by atoms with van der Waals surface area (Å²) in [6.07, 6.45) is 2.26. The van der Waals surface area contributed by atoms with Crippen molar-refractivity contribution in [2.45, 2.75) is 6.92 Å². The summed E-state index contributed by atoms with van der Waals surface area (Å²) in [5, 5.41) is 5.21. The third kappa shape index (κ3) is 1.84. The van der Waals surface area contributed by atoms with Gasteiger partial charge in [0.2, 0.25) is 0 Å². The lowest BCUT2D eigenvalue weighted by Gasteiger charge is -2.07. The first-order chi connectivity index (χ1) is 7.63. The molecule has 0 N–H and O–H groups in total. The van der Waals surface area contributed by atoms with Gasteiger partial charge in [0, 0.05) is 5.02 Å². The number of aromatic nitrogens is 2. The molecule has 0 bridgehead atoms. The lowest BCUT2D eigenvalue weighted by atomic mass is 10.2. The van der Waals surface area contributed by atoms with Crippen LogP contribution in [0.1, 0.15) is 16.1 Å². The van der Waals surface area contributed by atoms with Crippen LogP contribution in [0.15, 0.2) is 24.4 Å². The van der Waals surface area contributed by atoms with Crippen LogP contribution in [0.25, 0.3) is 5.69 Å². The van der Waals surface area contributed by atoms with Gasteiger partial charge in [0.15, 0.2) is 6.29 Å². The highest BCUT2D eigenvalue weighted by molar-refractivity contribution is 6.34. The molecule has 82 valence electrons. The quantitative estimate of drug-likeness (QED) is 0.771. The number of nitrogens with zero attached hydrogens (tertiary/aromatic N) is 2. The predicted molar refractivity (Wildman–Crippen MR) is 63.7 cm³/mol. The molecule has 0 radical (unpaired) electrons. The van der Waals surface area contributed by atoms with E-state index in [1.54, 1.807) is 29.8 Å². The summed E-state index contributed by atoms with van der Waals surface area (Å²) in [4.78, 5) is 10.7. The summed E-state index contributed by atoms with van der Waals surface area (Å²) in [6, 6.07) is 5.10. The molecule has 0 unspecified atom stereocenters. The first-order valence-electron chi connectivity index (χ1n) is 4.58. The number of benzene rings is 1. The fourth-order valence-electron chi connectivity index (χ4n) is 1.43. The average Bonchev–Trinajstić information content (AvgIpc) is 2.63. The second kappa shape index (κ2) is 4.28.